The van der Waals surface area contributed by atoms with Crippen molar-refractivity contribution in [3.05, 3.63) is 0 Å². The summed E-state index contributed by atoms with van der Waals surface area (Å²) in [6, 6.07) is 0. The van der Waals surface area contributed by atoms with Gasteiger partial charge in [-0.3, -0.25) is 37.3 Å². The number of carbonyl (C=O) groups is 4. The van der Waals surface area contributed by atoms with Crippen molar-refractivity contribution in [1.29, 1.82) is 0 Å². The van der Waals surface area contributed by atoms with E-state index in [0.29, 0.717) is 25.7 Å². The van der Waals surface area contributed by atoms with Gasteiger partial charge in [-0.1, -0.05) is 413 Å². The summed E-state index contributed by atoms with van der Waals surface area (Å²) in [4.78, 5) is 73.2. The molecule has 6 atom stereocenters. The van der Waals surface area contributed by atoms with Crippen molar-refractivity contribution in [1.82, 2.24) is 0 Å². The summed E-state index contributed by atoms with van der Waals surface area (Å²) in [6.07, 6.45) is 72.0. The van der Waals surface area contributed by atoms with E-state index in [1.165, 1.54) is 289 Å². The maximum Gasteiger partial charge on any atom is 0.472 e. The molecule has 19 heteroatoms. The van der Waals surface area contributed by atoms with Gasteiger partial charge in [0.25, 0.3) is 0 Å². The zero-order valence-electron chi connectivity index (χ0n) is 68.9. The molecule has 0 spiro atoms. The molecule has 17 nitrogen and oxygen atoms in total. The van der Waals surface area contributed by atoms with Crippen LogP contribution in [0.25, 0.3) is 0 Å². The van der Waals surface area contributed by atoms with Gasteiger partial charge in [0.05, 0.1) is 26.4 Å². The first-order valence-corrected chi connectivity index (χ1v) is 47.7. The molecule has 0 rings (SSSR count). The fourth-order valence-electron chi connectivity index (χ4n) is 13.4. The van der Waals surface area contributed by atoms with E-state index in [1.54, 1.807) is 0 Å². The largest absolute Gasteiger partial charge is 0.472 e. The number of hydrogen-bond donors (Lipinski definition) is 3. The van der Waals surface area contributed by atoms with Crippen LogP contribution in [0.1, 0.15) is 465 Å². The number of aliphatic hydroxyl groups is 1. The Hall–Kier alpha value is -1.94. The van der Waals surface area contributed by atoms with Gasteiger partial charge in [-0.2, -0.15) is 0 Å². The number of phosphoric ester groups is 2. The third-order valence-electron chi connectivity index (χ3n) is 20.6. The summed E-state index contributed by atoms with van der Waals surface area (Å²) in [5, 5.41) is 10.7. The van der Waals surface area contributed by atoms with E-state index in [9.17, 15) is 43.2 Å². The first kappa shape index (κ1) is 103. The molecule has 0 saturated carbocycles. The highest BCUT2D eigenvalue weighted by atomic mass is 31.2. The Balaban J connectivity index is 5.23. The third kappa shape index (κ3) is 78.5. The van der Waals surface area contributed by atoms with Gasteiger partial charge in [-0.05, 0) is 31.6 Å². The van der Waals surface area contributed by atoms with Crippen LogP contribution in [0, 0.1) is 5.92 Å². The predicted octanol–water partition coefficient (Wildman–Crippen LogP) is 26.4. The molecule has 0 saturated heterocycles. The second-order valence-corrected chi connectivity index (χ2v) is 34.1. The average Bonchev–Trinajstić information content (AvgIpc) is 0.903. The minimum atomic E-state index is -4.96. The Morgan fingerprint density at radius 1 is 0.267 bits per heavy atom. The van der Waals surface area contributed by atoms with Crippen molar-refractivity contribution in [2.24, 2.45) is 5.92 Å². The minimum Gasteiger partial charge on any atom is -0.462 e. The predicted molar refractivity (Wildman–Crippen MR) is 432 cm³/mol. The number of hydrogen-bond acceptors (Lipinski definition) is 15. The number of unbranched alkanes of at least 4 members (excludes halogenated alkanes) is 57. The van der Waals surface area contributed by atoms with Gasteiger partial charge in [0.1, 0.15) is 19.3 Å². The second-order valence-electron chi connectivity index (χ2n) is 31.2. The molecule has 0 aromatic rings. The summed E-state index contributed by atoms with van der Waals surface area (Å²) < 4.78 is 68.9. The zero-order valence-corrected chi connectivity index (χ0v) is 70.7. The van der Waals surface area contributed by atoms with E-state index in [-0.39, 0.29) is 25.7 Å². The molecule has 3 N–H and O–H groups in total. The number of rotatable bonds is 86. The van der Waals surface area contributed by atoms with Crippen molar-refractivity contribution >= 4 is 39.5 Å². The molecule has 0 aliphatic heterocycles. The fourth-order valence-corrected chi connectivity index (χ4v) is 15.0. The highest BCUT2D eigenvalue weighted by Gasteiger charge is 2.30. The normalized spacial score (nSPS) is 14.0. The van der Waals surface area contributed by atoms with Crippen LogP contribution in [0.4, 0.5) is 0 Å². The van der Waals surface area contributed by atoms with Crippen LogP contribution in [0.3, 0.4) is 0 Å². The molecule has 0 bridgehead atoms. The lowest BCUT2D eigenvalue weighted by atomic mass is 9.99. The fraction of sp³-hybridized carbons (Fsp3) is 0.953. The molecule has 624 valence electrons. The molecule has 0 amide bonds. The molecule has 0 aliphatic carbocycles. The Labute approximate surface area is 645 Å². The summed E-state index contributed by atoms with van der Waals surface area (Å²) in [6.45, 7) is 7.44. The second kappa shape index (κ2) is 78.7. The van der Waals surface area contributed by atoms with E-state index >= 15 is 0 Å². The Morgan fingerprint density at radius 2 is 0.457 bits per heavy atom. The van der Waals surface area contributed by atoms with Crippen LogP contribution in [0.2, 0.25) is 0 Å². The molecule has 3 unspecified atom stereocenters. The smallest absolute Gasteiger partial charge is 0.462 e. The van der Waals surface area contributed by atoms with E-state index in [0.717, 1.165) is 95.8 Å². The quantitative estimate of drug-likeness (QED) is 0.0222. The molecular formula is C86H168O17P2. The van der Waals surface area contributed by atoms with Gasteiger partial charge in [0.15, 0.2) is 12.2 Å². The van der Waals surface area contributed by atoms with Crippen LogP contribution >= 0.6 is 15.6 Å². The van der Waals surface area contributed by atoms with Crippen molar-refractivity contribution in [2.45, 2.75) is 483 Å². The molecule has 0 heterocycles. The van der Waals surface area contributed by atoms with E-state index < -0.39 is 97.5 Å². The SMILES string of the molecule is CCCCCCCCCCCCCCCCCCC(=O)OC[C@H](COP(=O)(O)OC[C@@H](O)COP(=O)(O)OC[C@@H](COC(=O)CCCCCCCCCCCCC)OC(=O)CCCCCCCCCCCCCCCCCC)OC(=O)CCCCCCCCCCCCCCCCCCCCC(C)CC. The standard InChI is InChI=1S/C86H168O17P2/c1-6-10-13-16-19-22-25-27-29-36-40-45-50-55-60-65-70-84(89)97-76-82(103-86(91)72-67-62-57-52-47-42-38-34-32-31-33-35-39-44-48-53-58-63-68-79(5)9-4)78-101-105(94,95)99-74-80(87)73-98-104(92,93)100-77-81(75-96-83(88)69-64-59-54-49-43-24-21-18-15-12-8-3)102-85(90)71-66-61-56-51-46-41-37-30-28-26-23-20-17-14-11-7-2/h79-82,87H,6-78H2,1-5H3,(H,92,93)(H,94,95)/t79?,80-,81+,82+/m0/s1. The zero-order chi connectivity index (χ0) is 76.9. The molecule has 0 aliphatic rings. The lowest BCUT2D eigenvalue weighted by molar-refractivity contribution is -0.161. The Bertz CT molecular complexity index is 2000. The van der Waals surface area contributed by atoms with Gasteiger partial charge in [0, 0.05) is 25.7 Å². The van der Waals surface area contributed by atoms with Gasteiger partial charge in [0.2, 0.25) is 0 Å². The van der Waals surface area contributed by atoms with E-state index in [2.05, 4.69) is 34.6 Å². The maximum atomic E-state index is 13.1. The van der Waals surface area contributed by atoms with E-state index in [1.807, 2.05) is 0 Å². The Kier molecular flexibility index (Phi) is 77.3. The summed E-state index contributed by atoms with van der Waals surface area (Å²) in [5.74, 6) is -1.23. The van der Waals surface area contributed by atoms with Crippen LogP contribution in [0.15, 0.2) is 0 Å². The summed E-state index contributed by atoms with van der Waals surface area (Å²) >= 11 is 0. The number of carbonyl (C=O) groups excluding carboxylic acids is 4. The van der Waals surface area contributed by atoms with E-state index in [4.69, 9.17) is 37.0 Å². The van der Waals surface area contributed by atoms with Crippen LogP contribution in [-0.4, -0.2) is 96.7 Å². The van der Waals surface area contributed by atoms with Crippen LogP contribution in [0.5, 0.6) is 0 Å². The molecular weight excluding hydrogens is 1370 g/mol. The van der Waals surface area contributed by atoms with Gasteiger partial charge in [-0.15, -0.1) is 0 Å². The van der Waals surface area contributed by atoms with Gasteiger partial charge >= 0.3 is 39.5 Å². The number of aliphatic hydroxyl groups excluding tert-OH is 1. The van der Waals surface area contributed by atoms with Crippen molar-refractivity contribution < 1.29 is 80.2 Å². The highest BCUT2D eigenvalue weighted by Crippen LogP contribution is 2.45. The van der Waals surface area contributed by atoms with Crippen molar-refractivity contribution in [3.63, 3.8) is 0 Å². The highest BCUT2D eigenvalue weighted by molar-refractivity contribution is 7.47. The Morgan fingerprint density at radius 3 is 0.676 bits per heavy atom. The molecule has 0 aromatic heterocycles. The van der Waals surface area contributed by atoms with Gasteiger partial charge < -0.3 is 33.8 Å². The maximum absolute atomic E-state index is 13.1. The summed E-state index contributed by atoms with van der Waals surface area (Å²) in [7, 11) is -9.93. The summed E-state index contributed by atoms with van der Waals surface area (Å²) in [5.41, 5.74) is 0. The molecule has 105 heavy (non-hydrogen) atoms. The topological polar surface area (TPSA) is 237 Å². The first-order valence-electron chi connectivity index (χ1n) is 44.7. The lowest BCUT2D eigenvalue weighted by Gasteiger charge is -2.21. The van der Waals surface area contributed by atoms with Crippen molar-refractivity contribution in [3.8, 4) is 0 Å². The monoisotopic (exact) mass is 1540 g/mol. The molecule has 0 fully saturated rings. The van der Waals surface area contributed by atoms with Crippen LogP contribution < -0.4 is 0 Å². The number of phosphoric acid groups is 2. The molecule has 0 aromatic carbocycles. The average molecular weight is 1540 g/mol. The lowest BCUT2D eigenvalue weighted by Crippen LogP contribution is -2.30. The first-order chi connectivity index (χ1) is 51.1. The van der Waals surface area contributed by atoms with Crippen LogP contribution in [-0.2, 0) is 65.4 Å². The number of ether oxygens (including phenoxy) is 4. The molecule has 0 radical (unpaired) electrons. The van der Waals surface area contributed by atoms with Gasteiger partial charge in [-0.25, -0.2) is 9.13 Å². The van der Waals surface area contributed by atoms with Crippen molar-refractivity contribution in [2.75, 3.05) is 39.6 Å². The number of esters is 4. The minimum absolute atomic E-state index is 0.109. The third-order valence-corrected chi connectivity index (χ3v) is 22.5.